The van der Waals surface area contributed by atoms with E-state index >= 15 is 0 Å². The number of fused-ring (bicyclic) bond motifs is 2. The Kier molecular flexibility index (Phi) is 46.2. The van der Waals surface area contributed by atoms with E-state index < -0.39 is 96.1 Å². The lowest BCUT2D eigenvalue weighted by atomic mass is 10.1. The van der Waals surface area contributed by atoms with E-state index in [0.717, 1.165) is 17.7 Å². The molecule has 38 heteroatoms. The lowest BCUT2D eigenvalue weighted by molar-refractivity contribution is -0.141. The highest BCUT2D eigenvalue weighted by molar-refractivity contribution is 9.09. The zero-order valence-corrected chi connectivity index (χ0v) is 79.6. The number of nitrogens with two attached hydrogens (primary N) is 1. The topological polar surface area (TPSA) is 470 Å². The van der Waals surface area contributed by atoms with Crippen molar-refractivity contribution in [2.75, 3.05) is 63.2 Å². The van der Waals surface area contributed by atoms with E-state index in [0.29, 0.717) is 70.8 Å². The van der Waals surface area contributed by atoms with Crippen LogP contribution in [0.5, 0.6) is 17.2 Å². The number of aromatic hydroxyl groups is 1. The van der Waals surface area contributed by atoms with Gasteiger partial charge in [-0.15, -0.1) is 8.80 Å². The number of hydrogen-bond acceptors (Lipinski definition) is 29. The van der Waals surface area contributed by atoms with Gasteiger partial charge in [0.05, 0.1) is 52.0 Å². The number of hydrazine groups is 1. The average molecular weight is 1880 g/mol. The molecule has 0 saturated heterocycles. The summed E-state index contributed by atoms with van der Waals surface area (Å²) < 4.78 is 103. The standard InChI is InChI=1S/C23H24N4O5S.C20H30N2O4.C15H20N2O4.C12H14N2O5S.C10H10O3.C5H11Br.C5H12N2O2/c1-14(2)11-12-27-23(29)19(21(28)20(25-27)15-7-5-4-6-8-15)22-24-17-10-9-16(32-3)13-18(17)33(30,31)26-22;1-7-25-18(23)17(16-11-9-8-10-12-16)21-22(14-13-15(2)3)19(24)26-20(4,5)6;1-5-20-13(18)12(11-9-7-6-8-10-11)16-17-14(19)21-15(2,3)4;1-3-19-12(15)7-11-13-9-5-4-8(18-2)6-10(9)20(16,17)14-11;1-2-13-10(12)9(11)8-6-4-3-5-7-8;1-5(2)3-4-6;1-5(2,3)9-4(8)7-6/h4-10,13-14,28H,11-12H2,1-3H3,(H,24,26);8-12,15H,7,13-14H2,1-6H3;6-10H,5H2,1-4H3,(H,17,19);4-6H,3,7H2,1-2H3,(H,13,14);3-7H,2H2,1H3;5H,3-4H2,1-2H3;6H2,1-3H3,(H,7,8). The van der Waals surface area contributed by atoms with E-state index in [1.807, 2.05) is 37.5 Å². The number of rotatable bonds is 26. The Morgan fingerprint density at radius 3 is 1.41 bits per heavy atom. The number of nitrogens with one attached hydrogen (secondary N) is 4. The molecule has 2 aliphatic rings. The van der Waals surface area contributed by atoms with Crippen LogP contribution >= 0.6 is 15.9 Å². The number of amides is 3. The number of ketones is 1. The van der Waals surface area contributed by atoms with Crippen molar-refractivity contribution in [3.8, 4) is 28.5 Å². The van der Waals surface area contributed by atoms with Gasteiger partial charge in [0.2, 0.25) is 0 Å². The fraction of sp³-hybridized carbons (Fsp3) is 0.422. The third-order valence-corrected chi connectivity index (χ3v) is 19.1. The number of methoxy groups -OCH3 is 2. The minimum absolute atomic E-state index is 0.0170. The first kappa shape index (κ1) is 110. The smallest absolute Gasteiger partial charge is 0.430 e. The second kappa shape index (κ2) is 53.9. The second-order valence-electron chi connectivity index (χ2n) is 31.4. The maximum absolute atomic E-state index is 13.3. The number of aromatic nitrogens is 2. The molecule has 0 aliphatic carbocycles. The minimum Gasteiger partial charge on any atom is -0.505 e. The number of carbonyl (C=O) groups excluding carboxylic acids is 8. The van der Waals surface area contributed by atoms with E-state index in [4.69, 9.17) is 43.7 Å². The van der Waals surface area contributed by atoms with Crippen LogP contribution < -0.4 is 42.4 Å². The van der Waals surface area contributed by atoms with Crippen molar-refractivity contribution in [1.82, 2.24) is 25.6 Å². The number of Topliss-reactive ketones (excluding diaryl/α,β-unsaturated/α-hetero) is 1. The number of anilines is 2. The predicted molar refractivity (Wildman–Crippen MR) is 493 cm³/mol. The number of nitrogens with zero attached hydrogens (tertiary/aromatic N) is 7. The number of sulfonamides is 2. The van der Waals surface area contributed by atoms with Gasteiger partial charge in [0.15, 0.2) is 23.0 Å². The number of ether oxygens (including phenoxy) is 9. The number of esters is 4. The van der Waals surface area contributed by atoms with Crippen LogP contribution in [0.2, 0.25) is 0 Å². The second-order valence-corrected chi connectivity index (χ2v) is 35.4. The van der Waals surface area contributed by atoms with Crippen LogP contribution in [0.15, 0.2) is 191 Å². The van der Waals surface area contributed by atoms with Crippen LogP contribution in [-0.4, -0.2) is 177 Å². The molecular formula is C90H121BrN12O23S2. The molecule has 0 bridgehead atoms. The first-order valence-corrected chi connectivity index (χ1v) is 44.9. The van der Waals surface area contributed by atoms with Crippen molar-refractivity contribution >= 4 is 118 Å². The maximum Gasteiger partial charge on any atom is 0.430 e. The number of hydrazone groups is 2. The highest BCUT2D eigenvalue weighted by atomic mass is 79.9. The molecule has 1 aromatic heterocycles. The molecule has 3 amide bonds. The molecule has 0 saturated carbocycles. The number of alkyl halides is 1. The fourth-order valence-corrected chi connectivity index (χ4v) is 13.3. The van der Waals surface area contributed by atoms with Crippen molar-refractivity contribution in [1.29, 1.82) is 0 Å². The van der Waals surface area contributed by atoms with Crippen LogP contribution in [0.25, 0.3) is 11.3 Å². The first-order chi connectivity index (χ1) is 60.1. The summed E-state index contributed by atoms with van der Waals surface area (Å²) in [4.78, 5) is 106. The Bertz CT molecular complexity index is 5230. The SMILES string of the molecule is CC(C)(C)OC(=O)NN.CC(C)CCBr.CCOC(=O)C(=NN(CCC(C)C)C(=O)OC(C)(C)C)c1ccccc1.CCOC(=O)C(=NNC(=O)OC(C)(C)C)c1ccccc1.CCOC(=O)C(=O)c1ccccc1.CCOC(=O)CC1=NS(=O)(=O)c2cc(OC)ccc2N1.COc1ccc2c(c1)S(=O)(=O)N=C(c1c(O)c(-c3ccccc3)nn(CCC(C)C)c1=O)N2. The van der Waals surface area contributed by atoms with Gasteiger partial charge in [0.25, 0.3) is 31.4 Å². The molecule has 0 spiro atoms. The van der Waals surface area contributed by atoms with E-state index in [9.17, 15) is 65.1 Å². The van der Waals surface area contributed by atoms with Crippen molar-refractivity contribution in [3.05, 3.63) is 190 Å². The summed E-state index contributed by atoms with van der Waals surface area (Å²) in [5, 5.41) is 31.6. The molecule has 0 radical (unpaired) electrons. The Morgan fingerprint density at radius 2 is 0.977 bits per heavy atom. The molecule has 0 atom stereocenters. The van der Waals surface area contributed by atoms with Crippen molar-refractivity contribution in [2.45, 2.75) is 190 Å². The van der Waals surface area contributed by atoms with E-state index in [1.165, 1.54) is 48.5 Å². The Morgan fingerprint density at radius 1 is 0.547 bits per heavy atom. The summed E-state index contributed by atoms with van der Waals surface area (Å²) in [7, 11) is -5.13. The lowest BCUT2D eigenvalue weighted by Crippen LogP contribution is -2.36. The molecule has 128 heavy (non-hydrogen) atoms. The first-order valence-electron chi connectivity index (χ1n) is 40.9. The Hall–Kier alpha value is -12.4. The summed E-state index contributed by atoms with van der Waals surface area (Å²) in [6.07, 6.45) is 0.539. The normalized spacial score (nSPS) is 12.7. The van der Waals surface area contributed by atoms with Crippen LogP contribution in [0.3, 0.4) is 0 Å². The number of hydrogen-bond donors (Lipinski definition) is 6. The van der Waals surface area contributed by atoms with Crippen LogP contribution in [0, 0.1) is 17.8 Å². The highest BCUT2D eigenvalue weighted by Crippen LogP contribution is 2.36. The average Bonchev–Trinajstić information content (AvgIpc) is 0.744. The van der Waals surface area contributed by atoms with Crippen molar-refractivity contribution in [2.24, 2.45) is 42.6 Å². The largest absolute Gasteiger partial charge is 0.505 e. The molecule has 6 aromatic carbocycles. The van der Waals surface area contributed by atoms with Gasteiger partial charge in [0.1, 0.15) is 61.6 Å². The van der Waals surface area contributed by atoms with Crippen molar-refractivity contribution < 1.29 is 103 Å². The van der Waals surface area contributed by atoms with E-state index in [-0.39, 0.29) is 82.7 Å². The number of amidine groups is 2. The lowest BCUT2D eigenvalue weighted by Gasteiger charge is -2.25. The third kappa shape index (κ3) is 39.6. The number of benzene rings is 6. The fourth-order valence-electron chi connectivity index (χ4n) is 10.1. The molecule has 9 rings (SSSR count). The zero-order chi connectivity index (χ0) is 96.3. The zero-order valence-electron chi connectivity index (χ0n) is 76.4. The molecule has 7 aromatic rings. The molecule has 2 aliphatic heterocycles. The van der Waals surface area contributed by atoms with Gasteiger partial charge in [-0.3, -0.25) is 19.8 Å². The van der Waals surface area contributed by atoms with Gasteiger partial charge < -0.3 is 58.4 Å². The molecule has 0 unspecified atom stereocenters. The van der Waals surface area contributed by atoms with Crippen molar-refractivity contribution in [3.63, 3.8) is 0 Å². The van der Waals surface area contributed by atoms with Gasteiger partial charge in [-0.25, -0.2) is 44.7 Å². The number of carbonyl (C=O) groups is 8. The summed E-state index contributed by atoms with van der Waals surface area (Å²) in [5.74, 6) is 3.29. The molecule has 0 fully saturated rings. The monoisotopic (exact) mass is 1880 g/mol. The highest BCUT2D eigenvalue weighted by Gasteiger charge is 2.33. The molecule has 698 valence electrons. The Labute approximate surface area is 757 Å². The molecular weight excluding hydrogens is 1760 g/mol. The summed E-state index contributed by atoms with van der Waals surface area (Å²) in [6, 6.07) is 43.9. The van der Waals surface area contributed by atoms with Gasteiger partial charge in [-0.2, -0.15) is 37.1 Å². The maximum atomic E-state index is 13.3. The quantitative estimate of drug-likeness (QED) is 0.00337. The van der Waals surface area contributed by atoms with E-state index in [2.05, 4.69) is 88.5 Å². The number of halogens is 1. The van der Waals surface area contributed by atoms with Gasteiger partial charge in [0, 0.05) is 52.8 Å². The van der Waals surface area contributed by atoms with Gasteiger partial charge in [-0.1, -0.05) is 179 Å². The minimum atomic E-state index is -4.16. The Balaban J connectivity index is 0.000000405. The van der Waals surface area contributed by atoms with Crippen LogP contribution in [-0.2, 0) is 78.9 Å². The summed E-state index contributed by atoms with van der Waals surface area (Å²) >= 11 is 3.35. The predicted octanol–water partition coefficient (Wildman–Crippen LogP) is 15.4. The van der Waals surface area contributed by atoms with Gasteiger partial charge >= 0.3 is 42.2 Å². The molecule has 3 heterocycles. The molecule has 35 nitrogen and oxygen atoms in total. The summed E-state index contributed by atoms with van der Waals surface area (Å²) in [6.45, 7) is 36.8. The summed E-state index contributed by atoms with van der Waals surface area (Å²) in [5.41, 5.74) is 4.35. The third-order valence-electron chi connectivity index (χ3n) is 16.0. The van der Waals surface area contributed by atoms with Crippen LogP contribution in [0.4, 0.5) is 25.8 Å². The van der Waals surface area contributed by atoms with Gasteiger partial charge in [-0.05, 0) is 151 Å². The molecule has 7 N–H and O–H groups in total. The van der Waals surface area contributed by atoms with E-state index in [1.54, 1.807) is 211 Å². The van der Waals surface area contributed by atoms with Crippen LogP contribution in [0.1, 0.15) is 184 Å². The number of aryl methyl sites for hydroxylation is 1.